The van der Waals surface area contributed by atoms with E-state index in [1.165, 1.54) is 0 Å². The number of rotatable bonds is 18. The van der Waals surface area contributed by atoms with Crippen molar-refractivity contribution in [3.05, 3.63) is 69.1 Å². The molecule has 2 aromatic heterocycles. The number of aliphatic hydroxyl groups is 2. The van der Waals surface area contributed by atoms with Crippen LogP contribution in [0.5, 0.6) is 0 Å². The molecule has 5 aromatic rings. The van der Waals surface area contributed by atoms with Gasteiger partial charge >= 0.3 is 0 Å². The number of benzene rings is 3. The van der Waals surface area contributed by atoms with E-state index in [-0.39, 0.29) is 72.0 Å². The van der Waals surface area contributed by atoms with Gasteiger partial charge in [0, 0.05) is 24.5 Å². The molecule has 0 saturated carbocycles. The highest BCUT2D eigenvalue weighted by atomic mass is 35.5. The number of halogens is 2. The Labute approximate surface area is 391 Å². The normalized spacial score (nSPS) is 13.9. The van der Waals surface area contributed by atoms with Crippen LogP contribution >= 0.6 is 23.2 Å². The number of hydrogen-bond donors (Lipinski definition) is 12. The van der Waals surface area contributed by atoms with E-state index in [1.54, 1.807) is 0 Å². The first-order valence-electron chi connectivity index (χ1n) is 18.0. The Morgan fingerprint density at radius 1 is 0.618 bits per heavy atom. The molecule has 0 spiro atoms. The van der Waals surface area contributed by atoms with Crippen LogP contribution < -0.4 is 32.4 Å². The van der Waals surface area contributed by atoms with Crippen LogP contribution in [0.3, 0.4) is 0 Å². The molecule has 3 aromatic carbocycles. The van der Waals surface area contributed by atoms with Crippen LogP contribution in [0.1, 0.15) is 15.9 Å². The van der Waals surface area contributed by atoms with Crippen LogP contribution in [-0.4, -0.2) is 130 Å². The van der Waals surface area contributed by atoms with Gasteiger partial charge < -0.3 is 37.2 Å². The molecule has 0 bridgehead atoms. The van der Waals surface area contributed by atoms with Crippen molar-refractivity contribution in [3.63, 3.8) is 0 Å². The van der Waals surface area contributed by atoms with E-state index in [0.717, 1.165) is 36.4 Å². The lowest BCUT2D eigenvalue weighted by molar-refractivity contribution is 0.106. The number of hydrogen-bond acceptors (Lipinski definition) is 26. The molecule has 0 unspecified atom stereocenters. The van der Waals surface area contributed by atoms with Gasteiger partial charge in [0.05, 0.1) is 30.2 Å². The number of allylic oxidation sites excluding steroid dienone is 1. The van der Waals surface area contributed by atoms with Gasteiger partial charge in [0.15, 0.2) is 5.71 Å². The number of carbonyl (C=O) groups excluding carboxylic acids is 1. The Balaban J connectivity index is 1.45. The zero-order valence-electron chi connectivity index (χ0n) is 33.3. The van der Waals surface area contributed by atoms with Crippen LogP contribution in [0.2, 0.25) is 10.6 Å². The number of hydrazone groups is 1. The van der Waals surface area contributed by atoms with E-state index in [4.69, 9.17) is 39.1 Å². The minimum atomic E-state index is -5.51. The Bertz CT molecular complexity index is 3440. The van der Waals surface area contributed by atoms with Crippen LogP contribution in [-0.2, 0) is 40.5 Å². The van der Waals surface area contributed by atoms with Crippen molar-refractivity contribution in [3.8, 4) is 0 Å². The maximum atomic E-state index is 14.2. The van der Waals surface area contributed by atoms with Crippen molar-refractivity contribution in [1.29, 1.82) is 0 Å². The van der Waals surface area contributed by atoms with Gasteiger partial charge in [0.1, 0.15) is 31.0 Å². The summed E-state index contributed by atoms with van der Waals surface area (Å²) in [6, 6.07) is 6.20. The molecule has 36 heteroatoms. The third-order valence-corrected chi connectivity index (χ3v) is 12.3. The fourth-order valence-electron chi connectivity index (χ4n) is 5.69. The van der Waals surface area contributed by atoms with E-state index in [0.29, 0.717) is 12.1 Å². The van der Waals surface area contributed by atoms with Gasteiger partial charge in [0.25, 0.3) is 40.5 Å². The van der Waals surface area contributed by atoms with Gasteiger partial charge in [-0.2, -0.15) is 68.7 Å². The fourth-order valence-corrected chi connectivity index (χ4v) is 8.57. The van der Waals surface area contributed by atoms with Crippen LogP contribution in [0, 0.1) is 0 Å². The Morgan fingerprint density at radius 3 is 1.62 bits per heavy atom. The number of anilines is 8. The minimum Gasteiger partial charge on any atom is -0.396 e. The molecule has 2 heterocycles. The van der Waals surface area contributed by atoms with Gasteiger partial charge in [-0.1, -0.05) is 0 Å². The number of aromatic nitrogens is 6. The maximum Gasteiger partial charge on any atom is 0.296 e. The second-order valence-corrected chi connectivity index (χ2v) is 19.3. The second kappa shape index (κ2) is 19.9. The van der Waals surface area contributed by atoms with Crippen molar-refractivity contribution >= 4 is 139 Å². The lowest BCUT2D eigenvalue weighted by atomic mass is 9.92. The fraction of sp³-hybridized carbons (Fsp3) is 0.125. The number of ketones is 1. The highest BCUT2D eigenvalue weighted by Gasteiger charge is 2.37. The molecule has 6 rings (SSSR count). The zero-order chi connectivity index (χ0) is 49.9. The van der Waals surface area contributed by atoms with Gasteiger partial charge in [0.2, 0.25) is 40.1 Å². The molecule has 1 aliphatic rings. The predicted octanol–water partition coefficient (Wildman–Crippen LogP) is 2.29. The van der Waals surface area contributed by atoms with Crippen LogP contribution in [0.25, 0.3) is 6.08 Å². The largest absolute Gasteiger partial charge is 0.396 e. The number of nitrogens with two attached hydrogens (primary N) is 1. The molecular formula is C32H29Cl2N15O15S4. The highest BCUT2D eigenvalue weighted by Crippen LogP contribution is 2.42. The molecular weight excluding hydrogens is 1030 g/mol. The first-order valence-corrected chi connectivity index (χ1v) is 24.5. The molecule has 68 heavy (non-hydrogen) atoms. The molecule has 0 saturated heterocycles. The summed E-state index contributed by atoms with van der Waals surface area (Å²) in [5, 5.41) is 39.3. The molecule has 0 fully saturated rings. The summed E-state index contributed by atoms with van der Waals surface area (Å²) in [5.74, 6) is -2.20. The zero-order valence-corrected chi connectivity index (χ0v) is 38.1. The van der Waals surface area contributed by atoms with Crippen LogP contribution in [0.15, 0.2) is 77.4 Å². The van der Waals surface area contributed by atoms with Crippen molar-refractivity contribution in [2.24, 2.45) is 15.3 Å². The Kier molecular flexibility index (Phi) is 14.8. The molecule has 1 aliphatic carbocycles. The molecule has 13 N–H and O–H groups in total. The summed E-state index contributed by atoms with van der Waals surface area (Å²) < 4.78 is 141. The number of nitrogens with one attached hydrogen (secondary N) is 5. The quantitative estimate of drug-likeness (QED) is 0.0259. The second-order valence-electron chi connectivity index (χ2n) is 13.1. The average molecular weight is 1060 g/mol. The van der Waals surface area contributed by atoms with Gasteiger partial charge in [-0.3, -0.25) is 28.4 Å². The van der Waals surface area contributed by atoms with Gasteiger partial charge in [-0.05, 0) is 77.3 Å². The number of Topliss-reactive ketones (excluding diaryl/α,β-unsaturated/α-hetero) is 1. The summed E-state index contributed by atoms with van der Waals surface area (Å²) in [6.45, 7) is -0.591. The van der Waals surface area contributed by atoms with Crippen molar-refractivity contribution in [2.45, 2.75) is 14.7 Å². The van der Waals surface area contributed by atoms with E-state index < -0.39 is 105 Å². The molecule has 30 nitrogen and oxygen atoms in total. The maximum absolute atomic E-state index is 14.2. The van der Waals surface area contributed by atoms with E-state index in [9.17, 15) is 56.7 Å². The van der Waals surface area contributed by atoms with Gasteiger partial charge in [-0.15, -0.1) is 10.2 Å². The number of carbonyl (C=O) groups is 1. The number of nitrogens with zero attached hydrogens (tertiary/aromatic N) is 9. The summed E-state index contributed by atoms with van der Waals surface area (Å²) >= 11 is 11.9. The summed E-state index contributed by atoms with van der Waals surface area (Å²) in [6.07, 6.45) is 0.497. The molecule has 0 aliphatic heterocycles. The SMILES string of the molecule is Nc1c(N=Nc2cc(Nc3nc(Cl)nc(NCCO)n3)ccc2S(=O)(=O)O)c(S(=O)(=O)O)cc2c1C(=O)/C(=N/Nc1cc(Nc3nc(Cl)nc(NCCO)n3)ccc1S(=O)(=O)O)C(S(=O)(=O)O)=C2. The highest BCUT2D eigenvalue weighted by molar-refractivity contribution is 7.91. The molecule has 0 radical (unpaired) electrons. The lowest BCUT2D eigenvalue weighted by Crippen LogP contribution is -2.28. The summed E-state index contributed by atoms with van der Waals surface area (Å²) in [4.78, 5) is 33.2. The number of fused-ring (bicyclic) bond motifs is 1. The monoisotopic (exact) mass is 1060 g/mol. The Morgan fingerprint density at radius 2 is 1.12 bits per heavy atom. The van der Waals surface area contributed by atoms with E-state index >= 15 is 0 Å². The summed E-state index contributed by atoms with van der Waals surface area (Å²) in [5.41, 5.74) is 2.04. The van der Waals surface area contributed by atoms with E-state index in [1.807, 2.05) is 0 Å². The Hall–Kier alpha value is -6.70. The first-order chi connectivity index (χ1) is 31.8. The number of aliphatic hydroxyl groups excluding tert-OH is 2. The van der Waals surface area contributed by atoms with Crippen molar-refractivity contribution < 1.29 is 66.9 Å². The molecule has 0 amide bonds. The first kappa shape index (κ1) is 50.7. The molecule has 0 atom stereocenters. The van der Waals surface area contributed by atoms with Crippen molar-refractivity contribution in [2.75, 3.05) is 58.7 Å². The van der Waals surface area contributed by atoms with Crippen LogP contribution in [0.4, 0.5) is 57.9 Å². The lowest BCUT2D eigenvalue weighted by Gasteiger charge is -2.20. The predicted molar refractivity (Wildman–Crippen MR) is 240 cm³/mol. The van der Waals surface area contributed by atoms with E-state index in [2.05, 4.69) is 71.9 Å². The summed E-state index contributed by atoms with van der Waals surface area (Å²) in [7, 11) is -21.2. The minimum absolute atomic E-state index is 0.0122. The van der Waals surface area contributed by atoms with Gasteiger partial charge in [-0.25, -0.2) is 0 Å². The topological polar surface area (TPSA) is 476 Å². The smallest absolute Gasteiger partial charge is 0.296 e. The number of azo groups is 1. The number of nitrogen functional groups attached to an aromatic ring is 1. The third-order valence-electron chi connectivity index (χ3n) is 8.41. The molecule has 360 valence electrons. The standard InChI is InChI=1S/C32H29Cl2N15O15S4/c33-27-40-29(36-5-7-50)44-31(42-27)38-14-1-3-18(65(53,54)55)16(11-14)46-48-24-20(67(59,60)61)9-13-10-21(68(62,63)64)25(26(52)22(13)23(24)35)49-47-17-12-15(2-4-19(17)66(56,57)58)39-32-43-28(34)41-30(45-32)37-6-8-51/h1-4,9-12,47,50-51H,5-8,35H2,(H,53,54,55)(H,56,57,58)(H,59,60,61)(H,62,63,64)(H2,36,38,40,42,44)(H2,37,39,41,43,45)/b48-46?,49-25+. The average Bonchev–Trinajstić information content (AvgIpc) is 3.22. The van der Waals surface area contributed by atoms with Crippen molar-refractivity contribution in [1.82, 2.24) is 29.9 Å². The third kappa shape index (κ3) is 12.1.